The van der Waals surface area contributed by atoms with Crippen molar-refractivity contribution in [3.63, 3.8) is 0 Å². The summed E-state index contributed by atoms with van der Waals surface area (Å²) < 4.78 is 1.74. The van der Waals surface area contributed by atoms with E-state index in [1.807, 2.05) is 50.5 Å². The van der Waals surface area contributed by atoms with Crippen LogP contribution in [0.25, 0.3) is 0 Å². The molecule has 0 fully saturated rings. The lowest BCUT2D eigenvalue weighted by Crippen LogP contribution is -2.19. The highest BCUT2D eigenvalue weighted by Gasteiger charge is 2.07. The van der Waals surface area contributed by atoms with E-state index in [-0.39, 0.29) is 6.04 Å². The maximum atomic E-state index is 10.7. The maximum Gasteiger partial charge on any atom is 0.316 e. The number of hydrogen-bond donors (Lipinski definition) is 3. The Balaban J connectivity index is 2.02. The molecule has 0 bridgehead atoms. The minimum atomic E-state index is -0.563. The second kappa shape index (κ2) is 5.43. The van der Waals surface area contributed by atoms with Crippen molar-refractivity contribution in [3.05, 3.63) is 42.1 Å². The van der Waals surface area contributed by atoms with Crippen molar-refractivity contribution in [1.82, 2.24) is 9.78 Å². The summed E-state index contributed by atoms with van der Waals surface area (Å²) in [6.07, 6.45) is 1.88. The molecule has 4 N–H and O–H groups in total. The van der Waals surface area contributed by atoms with E-state index in [0.717, 1.165) is 11.4 Å². The van der Waals surface area contributed by atoms with E-state index in [1.54, 1.807) is 4.68 Å². The Kier molecular flexibility index (Phi) is 3.70. The number of nitrogens with two attached hydrogens (primary N) is 1. The van der Waals surface area contributed by atoms with Crippen LogP contribution in [0.15, 0.2) is 36.5 Å². The third kappa shape index (κ3) is 3.48. The Labute approximate surface area is 111 Å². The van der Waals surface area contributed by atoms with Crippen molar-refractivity contribution in [2.24, 2.45) is 12.8 Å². The SMILES string of the molecule is CC(Nc1ccn(C)n1)c1ccc(NC(N)=O)cc1. The van der Waals surface area contributed by atoms with Crippen molar-refractivity contribution in [1.29, 1.82) is 0 Å². The van der Waals surface area contributed by atoms with Crippen LogP contribution in [0.4, 0.5) is 16.3 Å². The van der Waals surface area contributed by atoms with E-state index in [4.69, 9.17) is 5.73 Å². The van der Waals surface area contributed by atoms with Gasteiger partial charge in [-0.15, -0.1) is 0 Å². The molecular weight excluding hydrogens is 242 g/mol. The van der Waals surface area contributed by atoms with Gasteiger partial charge < -0.3 is 16.4 Å². The number of carbonyl (C=O) groups is 1. The lowest BCUT2D eigenvalue weighted by atomic mass is 10.1. The fraction of sp³-hybridized carbons (Fsp3) is 0.231. The van der Waals surface area contributed by atoms with E-state index >= 15 is 0 Å². The Morgan fingerprint density at radius 2 is 2.00 bits per heavy atom. The molecule has 19 heavy (non-hydrogen) atoms. The van der Waals surface area contributed by atoms with Crippen molar-refractivity contribution < 1.29 is 4.79 Å². The quantitative estimate of drug-likeness (QED) is 0.785. The first kappa shape index (κ1) is 12.9. The first-order valence-electron chi connectivity index (χ1n) is 5.97. The molecule has 1 aromatic carbocycles. The summed E-state index contributed by atoms with van der Waals surface area (Å²) in [6, 6.07) is 8.98. The lowest BCUT2D eigenvalue weighted by Gasteiger charge is -2.14. The molecule has 100 valence electrons. The van der Waals surface area contributed by atoms with Gasteiger partial charge in [-0.2, -0.15) is 5.10 Å². The predicted molar refractivity (Wildman–Crippen MR) is 74.9 cm³/mol. The molecule has 0 aliphatic heterocycles. The first-order valence-corrected chi connectivity index (χ1v) is 5.97. The van der Waals surface area contributed by atoms with E-state index in [2.05, 4.69) is 15.7 Å². The van der Waals surface area contributed by atoms with Crippen LogP contribution in [0.1, 0.15) is 18.5 Å². The number of aryl methyl sites for hydroxylation is 1. The van der Waals surface area contributed by atoms with Gasteiger partial charge in [0.2, 0.25) is 0 Å². The van der Waals surface area contributed by atoms with Gasteiger partial charge in [-0.05, 0) is 24.6 Å². The predicted octanol–water partition coefficient (Wildman–Crippen LogP) is 2.08. The van der Waals surface area contributed by atoms with Crippen LogP contribution < -0.4 is 16.4 Å². The molecule has 2 amide bonds. The van der Waals surface area contributed by atoms with Gasteiger partial charge in [0.1, 0.15) is 5.82 Å². The molecule has 1 heterocycles. The molecule has 1 aromatic heterocycles. The minimum Gasteiger partial charge on any atom is -0.362 e. The number of anilines is 2. The number of nitrogens with zero attached hydrogens (tertiary/aromatic N) is 2. The van der Waals surface area contributed by atoms with Crippen molar-refractivity contribution >= 4 is 17.5 Å². The summed E-state index contributed by atoms with van der Waals surface area (Å²) in [5.74, 6) is 0.828. The summed E-state index contributed by atoms with van der Waals surface area (Å²) >= 11 is 0. The molecule has 0 spiro atoms. The van der Waals surface area contributed by atoms with Crippen molar-refractivity contribution in [2.45, 2.75) is 13.0 Å². The van der Waals surface area contributed by atoms with Gasteiger partial charge in [0, 0.05) is 25.0 Å². The van der Waals surface area contributed by atoms with Gasteiger partial charge in [0.25, 0.3) is 0 Å². The van der Waals surface area contributed by atoms with E-state index < -0.39 is 6.03 Å². The third-order valence-corrected chi connectivity index (χ3v) is 2.76. The zero-order chi connectivity index (χ0) is 13.8. The summed E-state index contributed by atoms with van der Waals surface area (Å²) in [5.41, 5.74) is 6.83. The van der Waals surface area contributed by atoms with Crippen LogP contribution in [0.5, 0.6) is 0 Å². The highest BCUT2D eigenvalue weighted by atomic mass is 16.2. The first-order chi connectivity index (χ1) is 9.04. The summed E-state index contributed by atoms with van der Waals surface area (Å²) in [7, 11) is 1.88. The number of amides is 2. The highest BCUT2D eigenvalue weighted by molar-refractivity contribution is 5.87. The molecule has 1 unspecified atom stereocenters. The molecule has 2 aromatic rings. The highest BCUT2D eigenvalue weighted by Crippen LogP contribution is 2.19. The third-order valence-electron chi connectivity index (χ3n) is 2.76. The van der Waals surface area contributed by atoms with Crippen LogP contribution in [-0.4, -0.2) is 15.8 Å². The molecule has 6 heteroatoms. The van der Waals surface area contributed by atoms with Gasteiger partial charge in [-0.25, -0.2) is 4.79 Å². The largest absolute Gasteiger partial charge is 0.362 e. The Hall–Kier alpha value is -2.50. The standard InChI is InChI=1S/C13H17N5O/c1-9(15-12-7-8-18(2)17-12)10-3-5-11(6-4-10)16-13(14)19/h3-9H,1-2H3,(H,15,17)(H3,14,16,19). The van der Waals surface area contributed by atoms with Crippen LogP contribution in [0.3, 0.4) is 0 Å². The average molecular weight is 259 g/mol. The Morgan fingerprint density at radius 1 is 1.32 bits per heavy atom. The molecule has 0 saturated carbocycles. The maximum absolute atomic E-state index is 10.7. The molecule has 2 rings (SSSR count). The molecule has 0 aliphatic carbocycles. The van der Waals surface area contributed by atoms with Gasteiger partial charge >= 0.3 is 6.03 Å². The molecule has 1 atom stereocenters. The fourth-order valence-electron chi connectivity index (χ4n) is 1.79. The van der Waals surface area contributed by atoms with Crippen molar-refractivity contribution in [3.8, 4) is 0 Å². The number of hydrogen-bond acceptors (Lipinski definition) is 3. The van der Waals surface area contributed by atoms with E-state index in [0.29, 0.717) is 5.69 Å². The molecule has 6 nitrogen and oxygen atoms in total. The number of primary amides is 1. The Bertz CT molecular complexity index is 561. The Morgan fingerprint density at radius 3 is 2.53 bits per heavy atom. The van der Waals surface area contributed by atoms with Gasteiger partial charge in [-0.3, -0.25) is 4.68 Å². The second-order valence-corrected chi connectivity index (χ2v) is 4.35. The summed E-state index contributed by atoms with van der Waals surface area (Å²) in [6.45, 7) is 2.05. The van der Waals surface area contributed by atoms with Gasteiger partial charge in [-0.1, -0.05) is 12.1 Å². The fourth-order valence-corrected chi connectivity index (χ4v) is 1.79. The average Bonchev–Trinajstić information content (AvgIpc) is 2.75. The lowest BCUT2D eigenvalue weighted by molar-refractivity contribution is 0.259. The number of carbonyl (C=O) groups excluding carboxylic acids is 1. The van der Waals surface area contributed by atoms with Crippen LogP contribution >= 0.6 is 0 Å². The van der Waals surface area contributed by atoms with Gasteiger partial charge in [0.15, 0.2) is 0 Å². The smallest absolute Gasteiger partial charge is 0.316 e. The second-order valence-electron chi connectivity index (χ2n) is 4.35. The van der Waals surface area contributed by atoms with E-state index in [1.165, 1.54) is 0 Å². The zero-order valence-electron chi connectivity index (χ0n) is 10.9. The van der Waals surface area contributed by atoms with Gasteiger partial charge in [0.05, 0.1) is 6.04 Å². The van der Waals surface area contributed by atoms with Crippen LogP contribution in [-0.2, 0) is 7.05 Å². The molecule has 0 saturated heterocycles. The summed E-state index contributed by atoms with van der Waals surface area (Å²) in [4.78, 5) is 10.7. The number of nitrogens with one attached hydrogen (secondary N) is 2. The van der Waals surface area contributed by atoms with E-state index in [9.17, 15) is 4.79 Å². The molecule has 0 radical (unpaired) electrons. The normalized spacial score (nSPS) is 11.9. The zero-order valence-corrected chi connectivity index (χ0v) is 10.9. The molecular formula is C13H17N5O. The number of urea groups is 1. The van der Waals surface area contributed by atoms with Crippen LogP contribution in [0.2, 0.25) is 0 Å². The monoisotopic (exact) mass is 259 g/mol. The van der Waals surface area contributed by atoms with Crippen LogP contribution in [0, 0.1) is 0 Å². The summed E-state index contributed by atoms with van der Waals surface area (Å²) in [5, 5.41) is 10.1. The topological polar surface area (TPSA) is 85.0 Å². The minimum absolute atomic E-state index is 0.123. The number of benzene rings is 1. The number of rotatable bonds is 4. The molecule has 0 aliphatic rings. The van der Waals surface area contributed by atoms with Crippen molar-refractivity contribution in [2.75, 3.05) is 10.6 Å². The number of aromatic nitrogens is 2.